The number of nitrogens with zero attached hydrogens (tertiary/aromatic N) is 2. The average molecular weight is 303 g/mol. The highest BCUT2D eigenvalue weighted by Gasteiger charge is 2.10. The van der Waals surface area contributed by atoms with Gasteiger partial charge in [0.15, 0.2) is 0 Å². The van der Waals surface area contributed by atoms with Gasteiger partial charge in [-0.3, -0.25) is 10.1 Å². The van der Waals surface area contributed by atoms with Crippen LogP contribution >= 0.6 is 11.3 Å². The first kappa shape index (κ1) is 15.6. The molecule has 112 valence electrons. The van der Waals surface area contributed by atoms with Crippen molar-refractivity contribution in [2.75, 3.05) is 5.32 Å². The summed E-state index contributed by atoms with van der Waals surface area (Å²) < 4.78 is 0. The first-order valence-electron chi connectivity index (χ1n) is 7.45. The molecule has 1 heterocycles. The largest absolute Gasteiger partial charge is 0.296 e. The predicted octanol–water partition coefficient (Wildman–Crippen LogP) is 4.09. The minimum absolute atomic E-state index is 0.131. The van der Waals surface area contributed by atoms with Gasteiger partial charge in [-0.2, -0.15) is 0 Å². The van der Waals surface area contributed by atoms with Gasteiger partial charge >= 0.3 is 0 Å². The van der Waals surface area contributed by atoms with Gasteiger partial charge in [0, 0.05) is 12.0 Å². The van der Waals surface area contributed by atoms with Crippen LogP contribution in [-0.4, -0.2) is 16.1 Å². The molecule has 1 amide bonds. The number of nitrogens with one attached hydrogen (secondary N) is 1. The van der Waals surface area contributed by atoms with E-state index >= 15 is 0 Å². The molecular formula is C16H21N3OS. The van der Waals surface area contributed by atoms with Crippen molar-refractivity contribution in [3.05, 3.63) is 40.4 Å². The number of hydrogen-bond acceptors (Lipinski definition) is 4. The summed E-state index contributed by atoms with van der Waals surface area (Å²) >= 11 is 1.46. The van der Waals surface area contributed by atoms with Crippen LogP contribution in [0.3, 0.4) is 0 Å². The number of anilines is 1. The molecule has 2 rings (SSSR count). The molecule has 0 saturated carbocycles. The van der Waals surface area contributed by atoms with Gasteiger partial charge in [-0.25, -0.2) is 0 Å². The molecule has 1 aromatic carbocycles. The fraction of sp³-hybridized carbons (Fsp3) is 0.438. The van der Waals surface area contributed by atoms with Crippen LogP contribution in [0.25, 0.3) is 0 Å². The van der Waals surface area contributed by atoms with E-state index in [0.717, 1.165) is 24.3 Å². The standard InChI is InChI=1S/C16H21N3OS/c1-3-5-6-7-14-18-19-16(21-14)17-15(20)13-10-8-12(4-2)9-11-13/h8-11H,3-7H2,1-2H3,(H,17,19,20). The SMILES string of the molecule is CCCCCc1nnc(NC(=O)c2ccc(CC)cc2)s1. The molecule has 0 aliphatic carbocycles. The summed E-state index contributed by atoms with van der Waals surface area (Å²) in [4.78, 5) is 12.1. The highest BCUT2D eigenvalue weighted by atomic mass is 32.1. The second kappa shape index (κ2) is 7.88. The van der Waals surface area contributed by atoms with Crippen molar-refractivity contribution in [3.63, 3.8) is 0 Å². The third-order valence-electron chi connectivity index (χ3n) is 3.31. The molecule has 0 aliphatic heterocycles. The van der Waals surface area contributed by atoms with Crippen molar-refractivity contribution < 1.29 is 4.79 Å². The Bertz CT molecular complexity index is 577. The number of unbranched alkanes of at least 4 members (excludes halogenated alkanes) is 2. The fourth-order valence-corrected chi connectivity index (χ4v) is 2.77. The molecule has 0 spiro atoms. The quantitative estimate of drug-likeness (QED) is 0.784. The highest BCUT2D eigenvalue weighted by Crippen LogP contribution is 2.18. The van der Waals surface area contributed by atoms with Crippen LogP contribution in [0.2, 0.25) is 0 Å². The number of amides is 1. The van der Waals surface area contributed by atoms with E-state index in [2.05, 4.69) is 29.4 Å². The van der Waals surface area contributed by atoms with Crippen LogP contribution < -0.4 is 5.32 Å². The van der Waals surface area contributed by atoms with E-state index in [-0.39, 0.29) is 5.91 Å². The summed E-state index contributed by atoms with van der Waals surface area (Å²) in [5, 5.41) is 12.5. The van der Waals surface area contributed by atoms with Crippen molar-refractivity contribution >= 4 is 22.4 Å². The first-order chi connectivity index (χ1) is 10.2. The molecule has 0 saturated heterocycles. The highest BCUT2D eigenvalue weighted by molar-refractivity contribution is 7.15. The fourth-order valence-electron chi connectivity index (χ4n) is 1.99. The zero-order chi connectivity index (χ0) is 15.1. The normalized spacial score (nSPS) is 10.6. The third-order valence-corrected chi connectivity index (χ3v) is 4.20. The molecule has 0 bridgehead atoms. The van der Waals surface area contributed by atoms with Gasteiger partial charge < -0.3 is 0 Å². The summed E-state index contributed by atoms with van der Waals surface area (Å²) in [5.41, 5.74) is 1.87. The number of benzene rings is 1. The Morgan fingerprint density at radius 3 is 2.57 bits per heavy atom. The van der Waals surface area contributed by atoms with Crippen LogP contribution in [0.5, 0.6) is 0 Å². The Labute approximate surface area is 129 Å². The van der Waals surface area contributed by atoms with Crippen molar-refractivity contribution in [2.24, 2.45) is 0 Å². The number of aryl methyl sites for hydroxylation is 2. The Kier molecular flexibility index (Phi) is 5.87. The summed E-state index contributed by atoms with van der Waals surface area (Å²) in [5.74, 6) is -0.131. The Hall–Kier alpha value is -1.75. The zero-order valence-corrected chi connectivity index (χ0v) is 13.4. The van der Waals surface area contributed by atoms with Gasteiger partial charge in [0.2, 0.25) is 5.13 Å². The lowest BCUT2D eigenvalue weighted by atomic mass is 10.1. The Morgan fingerprint density at radius 2 is 1.90 bits per heavy atom. The van der Waals surface area contributed by atoms with E-state index in [1.54, 1.807) is 0 Å². The van der Waals surface area contributed by atoms with Gasteiger partial charge in [-0.05, 0) is 30.5 Å². The molecule has 0 atom stereocenters. The first-order valence-corrected chi connectivity index (χ1v) is 8.27. The summed E-state index contributed by atoms with van der Waals surface area (Å²) in [6.45, 7) is 4.27. The number of carbonyl (C=O) groups excluding carboxylic acids is 1. The molecule has 0 radical (unpaired) electrons. The lowest BCUT2D eigenvalue weighted by Crippen LogP contribution is -2.11. The summed E-state index contributed by atoms with van der Waals surface area (Å²) in [6, 6.07) is 7.64. The Balaban J connectivity index is 1.92. The van der Waals surface area contributed by atoms with Crippen molar-refractivity contribution in [3.8, 4) is 0 Å². The van der Waals surface area contributed by atoms with E-state index in [0.29, 0.717) is 10.7 Å². The molecule has 0 fully saturated rings. The van der Waals surface area contributed by atoms with Crippen LogP contribution in [-0.2, 0) is 12.8 Å². The van der Waals surface area contributed by atoms with E-state index in [1.807, 2.05) is 24.3 Å². The maximum absolute atomic E-state index is 12.1. The van der Waals surface area contributed by atoms with Gasteiger partial charge in [0.1, 0.15) is 5.01 Å². The maximum atomic E-state index is 12.1. The second-order valence-electron chi connectivity index (χ2n) is 4.96. The molecular weight excluding hydrogens is 282 g/mol. The molecule has 1 N–H and O–H groups in total. The monoisotopic (exact) mass is 303 g/mol. The summed E-state index contributed by atoms with van der Waals surface area (Å²) in [7, 11) is 0. The van der Waals surface area contributed by atoms with Crippen molar-refractivity contribution in [2.45, 2.75) is 46.0 Å². The Morgan fingerprint density at radius 1 is 1.14 bits per heavy atom. The van der Waals surface area contributed by atoms with Crippen LogP contribution in [0, 0.1) is 0 Å². The zero-order valence-electron chi connectivity index (χ0n) is 12.6. The second-order valence-corrected chi connectivity index (χ2v) is 6.02. The van der Waals surface area contributed by atoms with Gasteiger partial charge in [-0.1, -0.05) is 50.2 Å². The molecule has 0 aliphatic rings. The van der Waals surface area contributed by atoms with E-state index in [1.165, 1.54) is 29.7 Å². The topological polar surface area (TPSA) is 54.9 Å². The number of hydrogen-bond donors (Lipinski definition) is 1. The molecule has 21 heavy (non-hydrogen) atoms. The predicted molar refractivity (Wildman–Crippen MR) is 86.9 cm³/mol. The summed E-state index contributed by atoms with van der Waals surface area (Å²) in [6.07, 6.45) is 5.42. The van der Waals surface area contributed by atoms with E-state index < -0.39 is 0 Å². The number of rotatable bonds is 7. The maximum Gasteiger partial charge on any atom is 0.257 e. The lowest BCUT2D eigenvalue weighted by Gasteiger charge is -2.02. The molecule has 5 heteroatoms. The minimum Gasteiger partial charge on any atom is -0.296 e. The number of carbonyl (C=O) groups is 1. The van der Waals surface area contributed by atoms with Crippen molar-refractivity contribution in [1.82, 2.24) is 10.2 Å². The van der Waals surface area contributed by atoms with Crippen LogP contribution in [0.15, 0.2) is 24.3 Å². The molecule has 1 aromatic heterocycles. The van der Waals surface area contributed by atoms with Crippen LogP contribution in [0.1, 0.15) is 54.0 Å². The third kappa shape index (κ3) is 4.63. The van der Waals surface area contributed by atoms with Crippen molar-refractivity contribution in [1.29, 1.82) is 0 Å². The van der Waals surface area contributed by atoms with E-state index in [4.69, 9.17) is 0 Å². The smallest absolute Gasteiger partial charge is 0.257 e. The van der Waals surface area contributed by atoms with Gasteiger partial charge in [-0.15, -0.1) is 10.2 Å². The number of aromatic nitrogens is 2. The molecule has 2 aromatic rings. The van der Waals surface area contributed by atoms with Gasteiger partial charge in [0.25, 0.3) is 5.91 Å². The van der Waals surface area contributed by atoms with E-state index in [9.17, 15) is 4.79 Å². The van der Waals surface area contributed by atoms with Gasteiger partial charge in [0.05, 0.1) is 0 Å². The van der Waals surface area contributed by atoms with Crippen LogP contribution in [0.4, 0.5) is 5.13 Å². The lowest BCUT2D eigenvalue weighted by molar-refractivity contribution is 0.102. The minimum atomic E-state index is -0.131. The average Bonchev–Trinajstić information content (AvgIpc) is 2.95. The molecule has 0 unspecified atom stereocenters. The molecule has 4 nitrogen and oxygen atoms in total.